The lowest BCUT2D eigenvalue weighted by molar-refractivity contribution is 0.461. The average Bonchev–Trinajstić information content (AvgIpc) is 2.54. The molecule has 0 N–H and O–H groups in total. The molecule has 0 aliphatic carbocycles. The Labute approximate surface area is 128 Å². The summed E-state index contributed by atoms with van der Waals surface area (Å²) in [5, 5.41) is 1.87. The normalized spacial score (nSPS) is 11.0. The molecule has 0 radical (unpaired) electrons. The molecule has 0 fully saturated rings. The first-order valence-corrected chi connectivity index (χ1v) is 7.29. The summed E-state index contributed by atoms with van der Waals surface area (Å²) in [7, 11) is 0. The van der Waals surface area contributed by atoms with Gasteiger partial charge in [0.25, 0.3) is 0 Å². The van der Waals surface area contributed by atoms with Crippen LogP contribution < -0.4 is 4.74 Å². The van der Waals surface area contributed by atoms with Crippen molar-refractivity contribution in [2.75, 3.05) is 5.88 Å². The molecule has 0 aliphatic rings. The van der Waals surface area contributed by atoms with Crippen LogP contribution in [0, 0.1) is 0 Å². The quantitative estimate of drug-likeness (QED) is 0.566. The number of thioether (sulfide) groups is 1. The maximum absolute atomic E-state index is 5.81. The summed E-state index contributed by atoms with van der Waals surface area (Å²) in [4.78, 5) is 12.1. The fraction of sp³-hybridized carbons (Fsp3) is 0.0625. The summed E-state index contributed by atoms with van der Waals surface area (Å²) >= 11 is 1.49. The van der Waals surface area contributed by atoms with Crippen LogP contribution in [0.2, 0.25) is 0 Å². The van der Waals surface area contributed by atoms with Crippen molar-refractivity contribution in [1.82, 2.24) is 4.98 Å². The molecule has 0 amide bonds. The van der Waals surface area contributed by atoms with Gasteiger partial charge in [-0.25, -0.2) is 4.98 Å². The Balaban J connectivity index is 2.29. The molecule has 2 aromatic rings. The molecule has 21 heavy (non-hydrogen) atoms. The average molecular weight is 297 g/mol. The topological polar surface area (TPSA) is 46.8 Å². The van der Waals surface area contributed by atoms with E-state index < -0.39 is 0 Å². The number of nitrogens with zero attached hydrogens (tertiary/aromatic N) is 3. The lowest BCUT2D eigenvalue weighted by Gasteiger charge is -2.09. The molecule has 2 rings (SSSR count). The van der Waals surface area contributed by atoms with E-state index in [4.69, 9.17) is 4.74 Å². The van der Waals surface area contributed by atoms with Crippen molar-refractivity contribution in [2.45, 2.75) is 0 Å². The highest BCUT2D eigenvalue weighted by Gasteiger charge is 2.09. The number of pyridine rings is 1. The van der Waals surface area contributed by atoms with E-state index in [1.165, 1.54) is 11.8 Å². The van der Waals surface area contributed by atoms with Crippen LogP contribution in [0.4, 0.5) is 0 Å². The molecule has 0 aliphatic heterocycles. The predicted octanol–water partition coefficient (Wildman–Crippen LogP) is 4.26. The van der Waals surface area contributed by atoms with E-state index >= 15 is 0 Å². The van der Waals surface area contributed by atoms with E-state index in [0.717, 1.165) is 11.3 Å². The van der Waals surface area contributed by atoms with Gasteiger partial charge in [-0.15, -0.1) is 11.8 Å². The number of para-hydroxylation sites is 1. The Morgan fingerprint density at radius 3 is 2.71 bits per heavy atom. The van der Waals surface area contributed by atoms with E-state index in [1.807, 2.05) is 47.9 Å². The summed E-state index contributed by atoms with van der Waals surface area (Å²) in [5.74, 6) is 1.78. The highest BCUT2D eigenvalue weighted by Crippen LogP contribution is 2.29. The van der Waals surface area contributed by atoms with Gasteiger partial charge in [0.2, 0.25) is 5.88 Å². The molecule has 1 aromatic carbocycles. The van der Waals surface area contributed by atoms with Crippen LogP contribution in [0.1, 0.15) is 5.56 Å². The first-order valence-electron chi connectivity index (χ1n) is 6.24. The van der Waals surface area contributed by atoms with Crippen molar-refractivity contribution < 1.29 is 4.74 Å². The number of aromatic nitrogens is 1. The van der Waals surface area contributed by atoms with Gasteiger partial charge in [-0.1, -0.05) is 18.2 Å². The summed E-state index contributed by atoms with van der Waals surface area (Å²) < 4.78 is 5.81. The standard InChI is InChI=1S/C16H15N3OS/c1-17-12-21-11-15(18-2)14-9-6-10-19-16(14)20-13-7-4-3-5-8-13/h3-11H,1-2,12H2/b15-11-. The Morgan fingerprint density at radius 2 is 2.00 bits per heavy atom. The predicted molar refractivity (Wildman–Crippen MR) is 90.3 cm³/mol. The molecule has 1 aromatic heterocycles. The lowest BCUT2D eigenvalue weighted by Crippen LogP contribution is -1.93. The Bertz CT molecular complexity index is 641. The van der Waals surface area contributed by atoms with E-state index in [1.54, 1.807) is 6.20 Å². The minimum Gasteiger partial charge on any atom is -0.438 e. The van der Waals surface area contributed by atoms with Gasteiger partial charge < -0.3 is 4.74 Å². The minimum atomic E-state index is 0.495. The van der Waals surface area contributed by atoms with Gasteiger partial charge in [0.15, 0.2) is 0 Å². The van der Waals surface area contributed by atoms with E-state index in [2.05, 4.69) is 28.4 Å². The van der Waals surface area contributed by atoms with Crippen molar-refractivity contribution in [3.8, 4) is 11.6 Å². The molecule has 0 saturated carbocycles. The van der Waals surface area contributed by atoms with Crippen molar-refractivity contribution in [2.24, 2.45) is 9.98 Å². The molecule has 4 nitrogen and oxygen atoms in total. The van der Waals surface area contributed by atoms with E-state index in [9.17, 15) is 0 Å². The molecular weight excluding hydrogens is 282 g/mol. The van der Waals surface area contributed by atoms with Gasteiger partial charge in [0.1, 0.15) is 5.75 Å². The van der Waals surface area contributed by atoms with Gasteiger partial charge in [0, 0.05) is 6.20 Å². The molecule has 0 unspecified atom stereocenters. The zero-order valence-corrected chi connectivity index (χ0v) is 12.3. The number of ether oxygens (including phenoxy) is 1. The van der Waals surface area contributed by atoms with Crippen molar-refractivity contribution >= 4 is 30.9 Å². The van der Waals surface area contributed by atoms with Gasteiger partial charge >= 0.3 is 0 Å². The number of hydrogen-bond donors (Lipinski definition) is 0. The molecular formula is C16H15N3OS. The second kappa shape index (κ2) is 8.01. The van der Waals surface area contributed by atoms with Crippen molar-refractivity contribution in [3.63, 3.8) is 0 Å². The fourth-order valence-electron chi connectivity index (χ4n) is 1.62. The second-order valence-corrected chi connectivity index (χ2v) is 4.78. The van der Waals surface area contributed by atoms with Crippen molar-refractivity contribution in [1.29, 1.82) is 0 Å². The van der Waals surface area contributed by atoms with Crippen LogP contribution in [-0.2, 0) is 0 Å². The second-order valence-electron chi connectivity index (χ2n) is 3.95. The van der Waals surface area contributed by atoms with Crippen LogP contribution in [0.15, 0.2) is 64.1 Å². The highest BCUT2D eigenvalue weighted by molar-refractivity contribution is 8.02. The summed E-state index contributed by atoms with van der Waals surface area (Å²) in [6.45, 7) is 7.05. The molecule has 5 heteroatoms. The number of aliphatic imine (C=N–C) groups is 2. The largest absolute Gasteiger partial charge is 0.438 e. The monoisotopic (exact) mass is 297 g/mol. The number of benzene rings is 1. The summed E-state index contributed by atoms with van der Waals surface area (Å²) in [5.41, 5.74) is 1.48. The first kappa shape index (κ1) is 15.0. The maximum Gasteiger partial charge on any atom is 0.228 e. The molecule has 0 atom stereocenters. The number of hydrogen-bond acceptors (Lipinski definition) is 5. The minimum absolute atomic E-state index is 0.495. The first-order chi connectivity index (χ1) is 10.3. The van der Waals surface area contributed by atoms with Crippen LogP contribution in [0.5, 0.6) is 11.6 Å². The summed E-state index contributed by atoms with van der Waals surface area (Å²) in [6, 6.07) is 13.2. The smallest absolute Gasteiger partial charge is 0.228 e. The van der Waals surface area contributed by atoms with Crippen LogP contribution in [0.25, 0.3) is 5.70 Å². The third-order valence-corrected chi connectivity index (χ3v) is 3.26. The SMILES string of the molecule is C=NCS/C=C(\N=C)c1cccnc1Oc1ccccc1. The van der Waals surface area contributed by atoms with Crippen molar-refractivity contribution in [3.05, 3.63) is 59.6 Å². The highest BCUT2D eigenvalue weighted by atomic mass is 32.2. The van der Waals surface area contributed by atoms with Crippen LogP contribution in [0.3, 0.4) is 0 Å². The van der Waals surface area contributed by atoms with Crippen LogP contribution >= 0.6 is 11.8 Å². The van der Waals surface area contributed by atoms with Gasteiger partial charge in [0.05, 0.1) is 17.1 Å². The third kappa shape index (κ3) is 4.29. The Kier molecular flexibility index (Phi) is 5.72. The van der Waals surface area contributed by atoms with E-state index in [-0.39, 0.29) is 0 Å². The zero-order valence-electron chi connectivity index (χ0n) is 11.5. The lowest BCUT2D eigenvalue weighted by atomic mass is 10.2. The Morgan fingerprint density at radius 1 is 1.19 bits per heavy atom. The molecule has 0 bridgehead atoms. The molecule has 0 spiro atoms. The van der Waals surface area contributed by atoms with Crippen LogP contribution in [-0.4, -0.2) is 24.3 Å². The Hall–Kier alpha value is -2.40. The zero-order chi connectivity index (χ0) is 14.9. The van der Waals surface area contributed by atoms with Gasteiger partial charge in [-0.2, -0.15) is 0 Å². The molecule has 0 saturated heterocycles. The maximum atomic E-state index is 5.81. The molecule has 1 heterocycles. The van der Waals surface area contributed by atoms with Gasteiger partial charge in [-0.05, 0) is 43.1 Å². The van der Waals surface area contributed by atoms with E-state index in [0.29, 0.717) is 17.5 Å². The third-order valence-electron chi connectivity index (χ3n) is 2.54. The van der Waals surface area contributed by atoms with Gasteiger partial charge in [-0.3, -0.25) is 9.98 Å². The molecule has 106 valence electrons. The fourth-order valence-corrected chi connectivity index (χ4v) is 2.16. The number of rotatable bonds is 7. The summed E-state index contributed by atoms with van der Waals surface area (Å²) in [6.07, 6.45) is 1.68.